The van der Waals surface area contributed by atoms with Gasteiger partial charge in [-0.15, -0.1) is 12.4 Å². The maximum absolute atomic E-state index is 13.1. The average Bonchev–Trinajstić information content (AvgIpc) is 2.68. The molecule has 0 saturated carbocycles. The summed E-state index contributed by atoms with van der Waals surface area (Å²) in [6.07, 6.45) is 1.75. The number of amides is 1. The van der Waals surface area contributed by atoms with Gasteiger partial charge in [-0.2, -0.15) is 0 Å². The van der Waals surface area contributed by atoms with Crippen molar-refractivity contribution in [3.8, 4) is 0 Å². The smallest absolute Gasteiger partial charge is 0.261 e. The Hall–Kier alpha value is -2.16. The van der Waals surface area contributed by atoms with Gasteiger partial charge in [-0.1, -0.05) is 12.1 Å². The summed E-state index contributed by atoms with van der Waals surface area (Å²) in [5.74, 6) is -0.749. The van der Waals surface area contributed by atoms with Crippen molar-refractivity contribution in [2.75, 3.05) is 31.9 Å². The number of piperidine rings is 1. The van der Waals surface area contributed by atoms with Crippen molar-refractivity contribution >= 4 is 34.0 Å². The number of nitrogens with one attached hydrogen (secondary N) is 1. The molecule has 1 heterocycles. The molecule has 1 amide bonds. The zero-order valence-electron chi connectivity index (χ0n) is 16.3. The number of sulfonamides is 1. The van der Waals surface area contributed by atoms with Gasteiger partial charge >= 0.3 is 0 Å². The molecule has 1 N–H and O–H groups in total. The minimum atomic E-state index is -3.94. The van der Waals surface area contributed by atoms with Crippen LogP contribution < -0.4 is 4.72 Å². The Kier molecular flexibility index (Phi) is 7.62. The van der Waals surface area contributed by atoms with Crippen molar-refractivity contribution in [2.24, 2.45) is 0 Å². The fourth-order valence-electron chi connectivity index (χ4n) is 3.31. The topological polar surface area (TPSA) is 69.7 Å². The fraction of sp³-hybridized carbons (Fsp3) is 0.350. The molecular weight excluding hydrogens is 417 g/mol. The predicted molar refractivity (Wildman–Crippen MR) is 114 cm³/mol. The van der Waals surface area contributed by atoms with E-state index in [0.717, 1.165) is 38.1 Å². The number of benzene rings is 2. The Balaban J connectivity index is 0.00000300. The largest absolute Gasteiger partial charge is 0.339 e. The molecule has 0 aliphatic carbocycles. The Morgan fingerprint density at radius 3 is 2.31 bits per heavy atom. The van der Waals surface area contributed by atoms with E-state index in [0.29, 0.717) is 0 Å². The molecule has 29 heavy (non-hydrogen) atoms. The summed E-state index contributed by atoms with van der Waals surface area (Å²) in [6, 6.07) is 11.2. The van der Waals surface area contributed by atoms with Crippen LogP contribution in [-0.2, 0) is 10.0 Å². The molecule has 0 aromatic heterocycles. The summed E-state index contributed by atoms with van der Waals surface area (Å²) < 4.78 is 40.8. The number of hydrogen-bond acceptors (Lipinski definition) is 4. The van der Waals surface area contributed by atoms with E-state index in [4.69, 9.17) is 0 Å². The van der Waals surface area contributed by atoms with Crippen LogP contribution in [0.4, 0.5) is 10.1 Å². The Morgan fingerprint density at radius 1 is 1.10 bits per heavy atom. The molecule has 2 aromatic carbocycles. The van der Waals surface area contributed by atoms with Crippen LogP contribution in [0.25, 0.3) is 0 Å². The third kappa shape index (κ3) is 5.46. The van der Waals surface area contributed by atoms with Crippen molar-refractivity contribution < 1.29 is 17.6 Å². The Labute approximate surface area is 177 Å². The normalized spacial score (nSPS) is 15.4. The number of para-hydroxylation sites is 1. The summed E-state index contributed by atoms with van der Waals surface area (Å²) in [7, 11) is -0.131. The number of carbonyl (C=O) groups is 1. The van der Waals surface area contributed by atoms with E-state index in [-0.39, 0.29) is 40.5 Å². The van der Waals surface area contributed by atoms with Gasteiger partial charge in [0, 0.05) is 13.1 Å². The van der Waals surface area contributed by atoms with E-state index in [9.17, 15) is 17.6 Å². The van der Waals surface area contributed by atoms with E-state index in [1.807, 2.05) is 0 Å². The molecule has 0 bridgehead atoms. The van der Waals surface area contributed by atoms with E-state index in [1.165, 1.54) is 12.1 Å². The first kappa shape index (κ1) is 23.1. The standard InChI is InChI=1S/C20H24FN3O3S.ClH/c1-23-13-11-16(12-14-23)24(2)20(25)18-5-3-4-6-19(18)22-28(26,27)17-9-7-15(21)8-10-17;/h3-10,16,22H,11-14H2,1-2H3;1H. The molecule has 0 radical (unpaired) electrons. The molecule has 1 fully saturated rings. The SMILES string of the molecule is CN1CCC(N(C)C(=O)c2ccccc2NS(=O)(=O)c2ccc(F)cc2)CC1.Cl. The molecule has 3 rings (SSSR count). The molecule has 0 atom stereocenters. The van der Waals surface area contributed by atoms with Gasteiger partial charge in [-0.3, -0.25) is 9.52 Å². The molecule has 158 valence electrons. The molecule has 1 saturated heterocycles. The second-order valence-electron chi connectivity index (χ2n) is 7.06. The first-order valence-electron chi connectivity index (χ1n) is 9.11. The van der Waals surface area contributed by atoms with Gasteiger partial charge in [0.15, 0.2) is 0 Å². The van der Waals surface area contributed by atoms with E-state index < -0.39 is 15.8 Å². The summed E-state index contributed by atoms with van der Waals surface area (Å²) in [5, 5.41) is 0. The average molecular weight is 442 g/mol. The van der Waals surface area contributed by atoms with E-state index in [2.05, 4.69) is 16.7 Å². The highest BCUT2D eigenvalue weighted by atomic mass is 35.5. The molecule has 9 heteroatoms. The van der Waals surface area contributed by atoms with E-state index >= 15 is 0 Å². The maximum Gasteiger partial charge on any atom is 0.261 e. The van der Waals surface area contributed by atoms with Gasteiger partial charge < -0.3 is 9.80 Å². The summed E-state index contributed by atoms with van der Waals surface area (Å²) >= 11 is 0. The van der Waals surface area contributed by atoms with Gasteiger partial charge in [0.2, 0.25) is 0 Å². The lowest BCUT2D eigenvalue weighted by atomic mass is 10.0. The van der Waals surface area contributed by atoms with E-state index in [1.54, 1.807) is 36.2 Å². The van der Waals surface area contributed by atoms with Crippen LogP contribution in [0.15, 0.2) is 53.4 Å². The van der Waals surface area contributed by atoms with Gasteiger partial charge in [-0.25, -0.2) is 12.8 Å². The van der Waals surface area contributed by atoms with Crippen molar-refractivity contribution in [1.29, 1.82) is 0 Å². The van der Waals surface area contributed by atoms with Crippen LogP contribution in [0.5, 0.6) is 0 Å². The molecule has 0 unspecified atom stereocenters. The number of rotatable bonds is 5. The van der Waals surface area contributed by atoms with Crippen LogP contribution in [0, 0.1) is 5.82 Å². The summed E-state index contributed by atoms with van der Waals surface area (Å²) in [5.41, 5.74) is 0.492. The van der Waals surface area contributed by atoms with Crippen LogP contribution in [-0.4, -0.2) is 57.4 Å². The first-order valence-corrected chi connectivity index (χ1v) is 10.6. The van der Waals surface area contributed by atoms with Crippen LogP contribution in [0.3, 0.4) is 0 Å². The molecule has 0 spiro atoms. The van der Waals surface area contributed by atoms with Crippen LogP contribution in [0.1, 0.15) is 23.2 Å². The highest BCUT2D eigenvalue weighted by molar-refractivity contribution is 7.92. The van der Waals surface area contributed by atoms with Crippen molar-refractivity contribution in [3.05, 3.63) is 59.9 Å². The fourth-order valence-corrected chi connectivity index (χ4v) is 4.39. The number of likely N-dealkylation sites (tertiary alicyclic amines) is 1. The van der Waals surface area contributed by atoms with Crippen LogP contribution in [0.2, 0.25) is 0 Å². The second kappa shape index (κ2) is 9.56. The molecule has 1 aliphatic heterocycles. The number of anilines is 1. The Morgan fingerprint density at radius 2 is 1.69 bits per heavy atom. The second-order valence-corrected chi connectivity index (χ2v) is 8.74. The number of carbonyl (C=O) groups excluding carboxylic acids is 1. The number of halogens is 2. The molecule has 6 nitrogen and oxygen atoms in total. The maximum atomic E-state index is 13.1. The van der Waals surface area contributed by atoms with Gasteiger partial charge in [0.1, 0.15) is 5.82 Å². The minimum absolute atomic E-state index is 0. The van der Waals surface area contributed by atoms with Crippen molar-refractivity contribution in [3.63, 3.8) is 0 Å². The lowest BCUT2D eigenvalue weighted by Crippen LogP contribution is -2.44. The Bertz CT molecular complexity index is 946. The quantitative estimate of drug-likeness (QED) is 0.773. The lowest BCUT2D eigenvalue weighted by molar-refractivity contribution is 0.0660. The monoisotopic (exact) mass is 441 g/mol. The van der Waals surface area contributed by atoms with Gasteiger partial charge in [0.25, 0.3) is 15.9 Å². The zero-order chi connectivity index (χ0) is 20.3. The first-order chi connectivity index (χ1) is 13.3. The lowest BCUT2D eigenvalue weighted by Gasteiger charge is -2.35. The minimum Gasteiger partial charge on any atom is -0.339 e. The number of nitrogens with zero attached hydrogens (tertiary/aromatic N) is 2. The van der Waals surface area contributed by atoms with Crippen LogP contribution >= 0.6 is 12.4 Å². The third-order valence-corrected chi connectivity index (χ3v) is 6.46. The summed E-state index contributed by atoms with van der Waals surface area (Å²) in [4.78, 5) is 16.9. The van der Waals surface area contributed by atoms with Gasteiger partial charge in [0.05, 0.1) is 16.1 Å². The molecule has 2 aromatic rings. The molecular formula is C20H25ClFN3O3S. The van der Waals surface area contributed by atoms with Gasteiger partial charge in [-0.05, 0) is 69.4 Å². The highest BCUT2D eigenvalue weighted by Crippen LogP contribution is 2.24. The summed E-state index contributed by atoms with van der Waals surface area (Å²) in [6.45, 7) is 1.84. The third-order valence-electron chi connectivity index (χ3n) is 5.08. The zero-order valence-corrected chi connectivity index (χ0v) is 18.0. The number of hydrogen-bond donors (Lipinski definition) is 1. The van der Waals surface area contributed by atoms with Crippen molar-refractivity contribution in [2.45, 2.75) is 23.8 Å². The van der Waals surface area contributed by atoms with Crippen molar-refractivity contribution in [1.82, 2.24) is 9.80 Å². The molecule has 1 aliphatic rings. The highest BCUT2D eigenvalue weighted by Gasteiger charge is 2.27. The predicted octanol–water partition coefficient (Wildman–Crippen LogP) is 3.21.